The number of rotatable bonds is 9. The minimum Gasteiger partial charge on any atom is -0.481 e. The Hall–Kier alpha value is -3.98. The van der Waals surface area contributed by atoms with Crippen molar-refractivity contribution in [2.24, 2.45) is 4.99 Å². The van der Waals surface area contributed by atoms with Crippen LogP contribution in [0.15, 0.2) is 65.3 Å². The van der Waals surface area contributed by atoms with Crippen LogP contribution >= 0.6 is 0 Å². The van der Waals surface area contributed by atoms with Crippen molar-refractivity contribution in [1.29, 1.82) is 0 Å². The highest BCUT2D eigenvalue weighted by molar-refractivity contribution is 5.89. The van der Waals surface area contributed by atoms with Crippen molar-refractivity contribution < 1.29 is 34.8 Å². The molecule has 2 aromatic rings. The summed E-state index contributed by atoms with van der Waals surface area (Å²) in [4.78, 5) is 36.8. The third-order valence-corrected chi connectivity index (χ3v) is 3.68. The number of carboxylic acid groups (broad SMARTS) is 3. The monoisotopic (exact) mass is 414 g/mol. The molecule has 0 aliphatic rings. The summed E-state index contributed by atoms with van der Waals surface area (Å²) >= 11 is 0. The molecule has 0 unspecified atom stereocenters. The molecule has 30 heavy (non-hydrogen) atoms. The van der Waals surface area contributed by atoms with Gasteiger partial charge in [0, 0.05) is 31.6 Å². The molecular formula is C21H22N2O7. The molecule has 2 rings (SSSR count). The number of carboxylic acids is 3. The summed E-state index contributed by atoms with van der Waals surface area (Å²) in [5.41, 5.74) is 2.07. The van der Waals surface area contributed by atoms with E-state index in [1.807, 2.05) is 0 Å². The molecule has 9 nitrogen and oxygen atoms in total. The van der Waals surface area contributed by atoms with E-state index in [1.54, 1.807) is 30.5 Å². The maximum atomic E-state index is 10.9. The number of hydrogen-bond acceptors (Lipinski definition) is 6. The Morgan fingerprint density at radius 3 is 1.80 bits per heavy atom. The summed E-state index contributed by atoms with van der Waals surface area (Å²) in [5.74, 6) is -3.00. The van der Waals surface area contributed by atoms with E-state index >= 15 is 0 Å². The van der Waals surface area contributed by atoms with Gasteiger partial charge in [0.2, 0.25) is 0 Å². The number of hydrogen-bond donors (Lipinski definition) is 5. The second kappa shape index (κ2) is 12.5. The van der Waals surface area contributed by atoms with Crippen molar-refractivity contribution >= 4 is 35.5 Å². The summed E-state index contributed by atoms with van der Waals surface area (Å²) in [6.45, 7) is 0. The van der Waals surface area contributed by atoms with Crippen LogP contribution in [0.4, 0.5) is 11.4 Å². The molecule has 0 radical (unpaired) electrons. The molecule has 9 heteroatoms. The third kappa shape index (κ3) is 8.36. The van der Waals surface area contributed by atoms with E-state index in [9.17, 15) is 14.4 Å². The molecule has 0 aliphatic heterocycles. The lowest BCUT2D eigenvalue weighted by molar-refractivity contribution is -0.136. The average molecular weight is 414 g/mol. The first-order valence-corrected chi connectivity index (χ1v) is 8.68. The van der Waals surface area contributed by atoms with Crippen molar-refractivity contribution in [3.63, 3.8) is 0 Å². The SMILES string of the molecule is CO.O=C(O)CC/C(C=Nc1ccc(C(=O)O)cc1)=C\Nc1ccc(C(=O)O)cc1. The highest BCUT2D eigenvalue weighted by atomic mass is 16.4. The van der Waals surface area contributed by atoms with Gasteiger partial charge in [-0.1, -0.05) is 0 Å². The van der Waals surface area contributed by atoms with Crippen LogP contribution in [-0.4, -0.2) is 51.7 Å². The standard InChI is InChI=1S/C20H18N2O6.CH4O/c23-18(24)10-1-13(11-21-16-6-2-14(3-7-16)19(25)26)12-22-17-8-4-15(5-9-17)20(27)28;1-2/h2-9,11-12,21H,1,10H2,(H,23,24)(H,25,26)(H,27,28);2H,1H3/b13-11+,22-12?;. The molecule has 0 fully saturated rings. The van der Waals surface area contributed by atoms with Gasteiger partial charge in [0.1, 0.15) is 0 Å². The van der Waals surface area contributed by atoms with Gasteiger partial charge in [0.05, 0.1) is 16.8 Å². The second-order valence-corrected chi connectivity index (χ2v) is 5.75. The Morgan fingerprint density at radius 1 is 0.833 bits per heavy atom. The Labute approximate surface area is 172 Å². The lowest BCUT2D eigenvalue weighted by Crippen LogP contribution is -2.00. The van der Waals surface area contributed by atoms with E-state index in [2.05, 4.69) is 10.3 Å². The molecule has 0 saturated carbocycles. The van der Waals surface area contributed by atoms with Gasteiger partial charge in [-0.15, -0.1) is 0 Å². The van der Waals surface area contributed by atoms with E-state index in [0.29, 0.717) is 16.9 Å². The van der Waals surface area contributed by atoms with Crippen LogP contribution in [0.5, 0.6) is 0 Å². The van der Waals surface area contributed by atoms with Gasteiger partial charge < -0.3 is 25.7 Å². The van der Waals surface area contributed by atoms with E-state index in [-0.39, 0.29) is 24.0 Å². The van der Waals surface area contributed by atoms with Crippen LogP contribution < -0.4 is 5.32 Å². The number of aliphatic carboxylic acids is 1. The molecule has 0 spiro atoms. The molecule has 0 heterocycles. The van der Waals surface area contributed by atoms with Gasteiger partial charge >= 0.3 is 17.9 Å². The maximum Gasteiger partial charge on any atom is 0.335 e. The van der Waals surface area contributed by atoms with Crippen molar-refractivity contribution in [2.45, 2.75) is 12.8 Å². The average Bonchev–Trinajstić information content (AvgIpc) is 2.75. The van der Waals surface area contributed by atoms with Gasteiger partial charge in [-0.3, -0.25) is 9.79 Å². The van der Waals surface area contributed by atoms with E-state index < -0.39 is 17.9 Å². The maximum absolute atomic E-state index is 10.9. The number of anilines is 1. The zero-order valence-electron chi connectivity index (χ0n) is 16.1. The number of allylic oxidation sites excluding steroid dienone is 1. The van der Waals surface area contributed by atoms with Gasteiger partial charge in [-0.2, -0.15) is 0 Å². The molecule has 158 valence electrons. The topological polar surface area (TPSA) is 157 Å². The van der Waals surface area contributed by atoms with Crippen molar-refractivity contribution in [1.82, 2.24) is 0 Å². The van der Waals surface area contributed by atoms with Crippen LogP contribution in [-0.2, 0) is 4.79 Å². The molecule has 0 aromatic heterocycles. The predicted molar refractivity (Wildman–Crippen MR) is 112 cm³/mol. The normalized spacial score (nSPS) is 10.8. The second-order valence-electron chi connectivity index (χ2n) is 5.75. The van der Waals surface area contributed by atoms with Crippen molar-refractivity contribution in [3.05, 3.63) is 71.4 Å². The fourth-order valence-electron chi connectivity index (χ4n) is 2.16. The van der Waals surface area contributed by atoms with Gasteiger partial charge in [0.15, 0.2) is 0 Å². The lowest BCUT2D eigenvalue weighted by atomic mass is 10.1. The minimum absolute atomic E-state index is 0.0879. The summed E-state index contributed by atoms with van der Waals surface area (Å²) in [5, 5.41) is 36.7. The summed E-state index contributed by atoms with van der Waals surface area (Å²) in [6, 6.07) is 12.0. The minimum atomic E-state index is -1.03. The molecule has 5 N–H and O–H groups in total. The van der Waals surface area contributed by atoms with Crippen molar-refractivity contribution in [3.8, 4) is 0 Å². The molecule has 0 aliphatic carbocycles. The first-order valence-electron chi connectivity index (χ1n) is 8.68. The Morgan fingerprint density at radius 2 is 1.33 bits per heavy atom. The summed E-state index contributed by atoms with van der Waals surface area (Å²) < 4.78 is 0. The molecule has 0 bridgehead atoms. The summed E-state index contributed by atoms with van der Waals surface area (Å²) in [6.07, 6.45) is 3.23. The van der Waals surface area contributed by atoms with E-state index in [4.69, 9.17) is 20.4 Å². The number of nitrogens with zero attached hydrogens (tertiary/aromatic N) is 1. The number of nitrogens with one attached hydrogen (secondary N) is 1. The van der Waals surface area contributed by atoms with Crippen LogP contribution in [0.1, 0.15) is 33.6 Å². The molecule has 0 amide bonds. The number of carbonyl (C=O) groups is 3. The van der Waals surface area contributed by atoms with Crippen LogP contribution in [0.25, 0.3) is 0 Å². The Kier molecular flexibility index (Phi) is 10.0. The van der Waals surface area contributed by atoms with Gasteiger partial charge in [0.25, 0.3) is 0 Å². The van der Waals surface area contributed by atoms with Crippen LogP contribution in [0.3, 0.4) is 0 Å². The molecular weight excluding hydrogens is 392 g/mol. The first kappa shape index (κ1) is 24.1. The quantitative estimate of drug-likeness (QED) is 0.391. The molecule has 0 saturated heterocycles. The number of aliphatic hydroxyl groups excluding tert-OH is 1. The summed E-state index contributed by atoms with van der Waals surface area (Å²) in [7, 11) is 1.00. The Balaban J connectivity index is 0.00000218. The van der Waals surface area contributed by atoms with Crippen molar-refractivity contribution in [2.75, 3.05) is 12.4 Å². The Bertz CT molecular complexity index is 917. The first-order chi connectivity index (χ1) is 14.3. The zero-order valence-corrected chi connectivity index (χ0v) is 16.1. The highest BCUT2D eigenvalue weighted by Crippen LogP contribution is 2.15. The molecule has 2 aromatic carbocycles. The fraction of sp³-hybridized carbons (Fsp3) is 0.143. The predicted octanol–water partition coefficient (Wildman–Crippen LogP) is 3.25. The van der Waals surface area contributed by atoms with Crippen LogP contribution in [0, 0.1) is 0 Å². The highest BCUT2D eigenvalue weighted by Gasteiger charge is 2.04. The number of aliphatic imine (C=N–C) groups is 1. The number of benzene rings is 2. The molecule has 0 atom stereocenters. The smallest absolute Gasteiger partial charge is 0.335 e. The zero-order chi connectivity index (χ0) is 22.5. The fourth-order valence-corrected chi connectivity index (χ4v) is 2.16. The third-order valence-electron chi connectivity index (χ3n) is 3.68. The number of aromatic carboxylic acids is 2. The van der Waals surface area contributed by atoms with Gasteiger partial charge in [-0.25, -0.2) is 9.59 Å². The lowest BCUT2D eigenvalue weighted by Gasteiger charge is -2.05. The van der Waals surface area contributed by atoms with Gasteiger partial charge in [-0.05, 0) is 60.5 Å². The van der Waals surface area contributed by atoms with E-state index in [0.717, 1.165) is 7.11 Å². The van der Waals surface area contributed by atoms with E-state index in [1.165, 1.54) is 30.5 Å². The van der Waals surface area contributed by atoms with Crippen LogP contribution in [0.2, 0.25) is 0 Å². The number of aliphatic hydroxyl groups is 1. The largest absolute Gasteiger partial charge is 0.481 e.